The molecule has 1 aliphatic rings. The van der Waals surface area contributed by atoms with Gasteiger partial charge < -0.3 is 25.6 Å². The number of rotatable bonds is 6. The molecule has 1 atom stereocenters. The number of nitrogens with one attached hydrogen (secondary N) is 3. The molecule has 8 nitrogen and oxygen atoms in total. The topological polar surface area (TPSA) is 99.8 Å². The first-order chi connectivity index (χ1) is 14.9. The van der Waals surface area contributed by atoms with Crippen molar-refractivity contribution in [3.63, 3.8) is 0 Å². The lowest BCUT2D eigenvalue weighted by Crippen LogP contribution is -2.41. The molecule has 2 aromatic rings. The van der Waals surface area contributed by atoms with Crippen molar-refractivity contribution < 1.29 is 19.1 Å². The van der Waals surface area contributed by atoms with Crippen LogP contribution in [-0.4, -0.2) is 44.1 Å². The molecule has 0 spiro atoms. The highest BCUT2D eigenvalue weighted by Crippen LogP contribution is 2.32. The van der Waals surface area contributed by atoms with E-state index in [4.69, 9.17) is 0 Å². The number of nitrogens with zero attached hydrogens (tertiary/aromatic N) is 1. The average molecular weight is 425 g/mol. The van der Waals surface area contributed by atoms with Crippen LogP contribution in [0.25, 0.3) is 0 Å². The summed E-state index contributed by atoms with van der Waals surface area (Å²) in [5, 5.41) is 8.25. The highest BCUT2D eigenvalue weighted by Gasteiger charge is 2.20. The molecule has 3 amide bonds. The van der Waals surface area contributed by atoms with E-state index in [0.29, 0.717) is 16.9 Å². The van der Waals surface area contributed by atoms with Crippen molar-refractivity contribution in [3.8, 4) is 0 Å². The van der Waals surface area contributed by atoms with Gasteiger partial charge in [0.25, 0.3) is 5.91 Å². The van der Waals surface area contributed by atoms with Gasteiger partial charge in [0.2, 0.25) is 0 Å². The largest absolute Gasteiger partial charge is 0.467 e. The molecular weight excluding hydrogens is 396 g/mol. The number of hydrogen-bond acceptors (Lipinski definition) is 5. The number of benzene rings is 2. The minimum Gasteiger partial charge on any atom is -0.467 e. The zero-order chi connectivity index (χ0) is 22.4. The normalized spacial score (nSPS) is 14.0. The number of esters is 1. The van der Waals surface area contributed by atoms with E-state index in [9.17, 15) is 14.4 Å². The van der Waals surface area contributed by atoms with Crippen LogP contribution in [0.2, 0.25) is 0 Å². The minimum atomic E-state index is -0.788. The van der Waals surface area contributed by atoms with Gasteiger partial charge in [0.15, 0.2) is 0 Å². The predicted molar refractivity (Wildman–Crippen MR) is 121 cm³/mol. The summed E-state index contributed by atoms with van der Waals surface area (Å²) in [6.45, 7) is 5.26. The molecule has 31 heavy (non-hydrogen) atoms. The van der Waals surface area contributed by atoms with E-state index in [1.807, 2.05) is 37.3 Å². The van der Waals surface area contributed by atoms with Gasteiger partial charge in [0.1, 0.15) is 6.04 Å². The summed E-state index contributed by atoms with van der Waals surface area (Å²) in [5.41, 5.74) is 3.54. The van der Waals surface area contributed by atoms with Crippen LogP contribution in [0.5, 0.6) is 0 Å². The zero-order valence-corrected chi connectivity index (χ0v) is 18.0. The second-order valence-electron chi connectivity index (χ2n) is 7.59. The van der Waals surface area contributed by atoms with Crippen molar-refractivity contribution in [2.75, 3.05) is 35.7 Å². The molecule has 0 aromatic heterocycles. The molecule has 8 heteroatoms. The van der Waals surface area contributed by atoms with Gasteiger partial charge in [0.05, 0.1) is 18.5 Å². The standard InChI is InChI=1S/C23H28N4O4/c1-15-7-6-8-17(13-15)21(28)25-18-9-10-20(27-11-4-5-12-27)19(14-18)26-23(30)24-16(2)22(29)31-3/h6-10,13-14,16H,4-5,11-12H2,1-3H3,(H,25,28)(H2,24,26,30)/t16-/m1/s1. The third-order valence-electron chi connectivity index (χ3n) is 5.13. The maximum Gasteiger partial charge on any atom is 0.328 e. The first-order valence-corrected chi connectivity index (χ1v) is 10.3. The molecule has 164 valence electrons. The van der Waals surface area contributed by atoms with Crippen LogP contribution in [0, 0.1) is 6.92 Å². The van der Waals surface area contributed by atoms with Gasteiger partial charge in [0, 0.05) is 24.3 Å². The van der Waals surface area contributed by atoms with Gasteiger partial charge in [-0.25, -0.2) is 9.59 Å². The van der Waals surface area contributed by atoms with Gasteiger partial charge >= 0.3 is 12.0 Å². The number of anilines is 3. The van der Waals surface area contributed by atoms with Gasteiger partial charge in [-0.15, -0.1) is 0 Å². The van der Waals surface area contributed by atoms with Crippen molar-refractivity contribution in [1.82, 2.24) is 5.32 Å². The number of carbonyl (C=O) groups excluding carboxylic acids is 3. The van der Waals surface area contributed by atoms with E-state index in [-0.39, 0.29) is 5.91 Å². The lowest BCUT2D eigenvalue weighted by molar-refractivity contribution is -0.142. The highest BCUT2D eigenvalue weighted by molar-refractivity contribution is 6.05. The Labute approximate surface area is 182 Å². The summed E-state index contributed by atoms with van der Waals surface area (Å²) >= 11 is 0. The van der Waals surface area contributed by atoms with E-state index >= 15 is 0 Å². The van der Waals surface area contributed by atoms with Crippen molar-refractivity contribution in [2.24, 2.45) is 0 Å². The van der Waals surface area contributed by atoms with Crippen molar-refractivity contribution >= 4 is 35.0 Å². The molecule has 1 fully saturated rings. The Kier molecular flexibility index (Phi) is 7.12. The number of amides is 3. The summed E-state index contributed by atoms with van der Waals surface area (Å²) in [6, 6.07) is 11.4. The van der Waals surface area contributed by atoms with Crippen LogP contribution in [0.4, 0.5) is 21.9 Å². The number of carbonyl (C=O) groups is 3. The quantitative estimate of drug-likeness (QED) is 0.616. The Morgan fingerprint density at radius 1 is 1.03 bits per heavy atom. The zero-order valence-electron chi connectivity index (χ0n) is 18.0. The number of hydrogen-bond donors (Lipinski definition) is 3. The molecular formula is C23H28N4O4. The molecule has 1 saturated heterocycles. The van der Waals surface area contributed by atoms with E-state index in [2.05, 4.69) is 25.6 Å². The minimum absolute atomic E-state index is 0.229. The maximum absolute atomic E-state index is 12.6. The predicted octanol–water partition coefficient (Wildman–Crippen LogP) is 3.53. The lowest BCUT2D eigenvalue weighted by Gasteiger charge is -2.23. The van der Waals surface area contributed by atoms with E-state index < -0.39 is 18.0 Å². The molecule has 3 N–H and O–H groups in total. The third-order valence-corrected chi connectivity index (χ3v) is 5.13. The molecule has 0 unspecified atom stereocenters. The molecule has 0 bridgehead atoms. The van der Waals surface area contributed by atoms with Crippen LogP contribution in [0.1, 0.15) is 35.7 Å². The van der Waals surface area contributed by atoms with Gasteiger partial charge in [-0.2, -0.15) is 0 Å². The molecule has 1 aliphatic heterocycles. The van der Waals surface area contributed by atoms with Crippen LogP contribution in [0.15, 0.2) is 42.5 Å². The molecule has 0 saturated carbocycles. The number of methoxy groups -OCH3 is 1. The number of aryl methyl sites for hydroxylation is 1. The monoisotopic (exact) mass is 424 g/mol. The Bertz CT molecular complexity index is 970. The summed E-state index contributed by atoms with van der Waals surface area (Å²) in [4.78, 5) is 38.9. The Balaban J connectivity index is 1.80. The van der Waals surface area contributed by atoms with Crippen molar-refractivity contribution in [3.05, 3.63) is 53.6 Å². The third kappa shape index (κ3) is 5.75. The lowest BCUT2D eigenvalue weighted by atomic mass is 10.1. The fraction of sp³-hybridized carbons (Fsp3) is 0.348. The van der Waals surface area contributed by atoms with E-state index in [0.717, 1.165) is 37.2 Å². The summed E-state index contributed by atoms with van der Waals surface area (Å²) in [7, 11) is 1.27. The van der Waals surface area contributed by atoms with Gasteiger partial charge in [-0.05, 0) is 57.0 Å². The number of ether oxygens (including phenoxy) is 1. The van der Waals surface area contributed by atoms with Crippen LogP contribution < -0.4 is 20.9 Å². The first kappa shape index (κ1) is 22.1. The second kappa shape index (κ2) is 9.97. The first-order valence-electron chi connectivity index (χ1n) is 10.3. The van der Waals surface area contributed by atoms with Crippen LogP contribution in [-0.2, 0) is 9.53 Å². The summed E-state index contributed by atoms with van der Waals surface area (Å²) in [6.07, 6.45) is 2.16. The highest BCUT2D eigenvalue weighted by atomic mass is 16.5. The van der Waals surface area contributed by atoms with Crippen LogP contribution in [0.3, 0.4) is 0 Å². The Morgan fingerprint density at radius 3 is 2.45 bits per heavy atom. The van der Waals surface area contributed by atoms with Gasteiger partial charge in [-0.1, -0.05) is 17.7 Å². The molecule has 0 radical (unpaired) electrons. The Morgan fingerprint density at radius 2 is 1.77 bits per heavy atom. The van der Waals surface area contributed by atoms with Gasteiger partial charge in [-0.3, -0.25) is 4.79 Å². The number of urea groups is 1. The molecule has 2 aromatic carbocycles. The second-order valence-corrected chi connectivity index (χ2v) is 7.59. The Hall–Kier alpha value is -3.55. The maximum atomic E-state index is 12.6. The van der Waals surface area contributed by atoms with E-state index in [1.54, 1.807) is 19.1 Å². The molecule has 0 aliphatic carbocycles. The van der Waals surface area contributed by atoms with E-state index in [1.165, 1.54) is 7.11 Å². The molecule has 3 rings (SSSR count). The summed E-state index contributed by atoms with van der Waals surface area (Å²) < 4.78 is 4.64. The summed E-state index contributed by atoms with van der Waals surface area (Å²) in [5.74, 6) is -0.763. The fourth-order valence-electron chi connectivity index (χ4n) is 3.53. The van der Waals surface area contributed by atoms with Crippen molar-refractivity contribution in [2.45, 2.75) is 32.7 Å². The van der Waals surface area contributed by atoms with Crippen LogP contribution >= 0.6 is 0 Å². The van der Waals surface area contributed by atoms with Crippen molar-refractivity contribution in [1.29, 1.82) is 0 Å². The SMILES string of the molecule is COC(=O)[C@@H](C)NC(=O)Nc1cc(NC(=O)c2cccc(C)c2)ccc1N1CCCC1. The molecule has 1 heterocycles. The average Bonchev–Trinajstić information content (AvgIpc) is 3.27. The fourth-order valence-corrected chi connectivity index (χ4v) is 3.53. The smallest absolute Gasteiger partial charge is 0.328 e.